The molecule has 1 heterocycles. The highest BCUT2D eigenvalue weighted by Gasteiger charge is 2.31. The molecular formula is C43H48ClN9O5. The summed E-state index contributed by atoms with van der Waals surface area (Å²) in [6.07, 6.45) is 2.39. The zero-order chi connectivity index (χ0) is 41.4. The van der Waals surface area contributed by atoms with Crippen molar-refractivity contribution >= 4 is 58.0 Å². The van der Waals surface area contributed by atoms with Gasteiger partial charge in [-0.1, -0.05) is 103 Å². The molecule has 302 valence electrons. The molecule has 0 fully saturated rings. The molecule has 4 atom stereocenters. The molecule has 11 N–H and O–H groups in total. The molecule has 4 aromatic carbocycles. The van der Waals surface area contributed by atoms with E-state index in [1.165, 1.54) is 0 Å². The Hall–Kier alpha value is -6.67. The quantitative estimate of drug-likeness (QED) is 0.0332. The molecule has 15 heteroatoms. The number of aliphatic imine (C=N–C) groups is 1. The Bertz CT molecular complexity index is 2190. The molecule has 1 aromatic heterocycles. The number of para-hydroxylation sites is 1. The van der Waals surface area contributed by atoms with Crippen molar-refractivity contribution in [3.63, 3.8) is 0 Å². The molecule has 58 heavy (non-hydrogen) atoms. The normalized spacial score (nSPS) is 13.0. The van der Waals surface area contributed by atoms with E-state index in [9.17, 15) is 24.0 Å². The maximum Gasteiger partial charge on any atom is 0.243 e. The van der Waals surface area contributed by atoms with E-state index in [0.29, 0.717) is 5.02 Å². The van der Waals surface area contributed by atoms with E-state index in [2.05, 4.69) is 31.2 Å². The second-order valence-electron chi connectivity index (χ2n) is 13.9. The Labute approximate surface area is 341 Å². The first-order valence-electron chi connectivity index (χ1n) is 18.9. The van der Waals surface area contributed by atoms with Crippen molar-refractivity contribution in [2.45, 2.75) is 62.7 Å². The molecule has 0 radical (unpaired) electrons. The van der Waals surface area contributed by atoms with Gasteiger partial charge in [-0.3, -0.25) is 29.0 Å². The molecule has 5 aromatic rings. The summed E-state index contributed by atoms with van der Waals surface area (Å²) in [6, 6.07) is 28.0. The predicted molar refractivity (Wildman–Crippen MR) is 224 cm³/mol. The highest BCUT2D eigenvalue weighted by molar-refractivity contribution is 6.30. The number of H-pyrrole nitrogens is 1. The minimum absolute atomic E-state index is 0.0302. The van der Waals surface area contributed by atoms with Crippen LogP contribution in [0.25, 0.3) is 10.9 Å². The molecular weight excluding hydrogens is 758 g/mol. The van der Waals surface area contributed by atoms with Gasteiger partial charge in [-0.2, -0.15) is 0 Å². The first-order chi connectivity index (χ1) is 27.9. The van der Waals surface area contributed by atoms with Crippen molar-refractivity contribution in [2.75, 3.05) is 6.54 Å². The van der Waals surface area contributed by atoms with E-state index < -0.39 is 53.7 Å². The van der Waals surface area contributed by atoms with E-state index in [4.69, 9.17) is 28.8 Å². The first kappa shape index (κ1) is 42.5. The molecule has 0 aliphatic heterocycles. The summed E-state index contributed by atoms with van der Waals surface area (Å²) in [7, 11) is 0. The van der Waals surface area contributed by atoms with Gasteiger partial charge in [0.25, 0.3) is 0 Å². The number of aromatic amines is 1. The maximum atomic E-state index is 14.3. The molecule has 0 aliphatic rings. The number of aromatic nitrogens is 1. The smallest absolute Gasteiger partial charge is 0.243 e. The Balaban J connectivity index is 1.37. The summed E-state index contributed by atoms with van der Waals surface area (Å²) >= 11 is 6.12. The van der Waals surface area contributed by atoms with E-state index in [1.54, 1.807) is 54.7 Å². The van der Waals surface area contributed by atoms with Crippen molar-refractivity contribution in [3.8, 4) is 0 Å². The third-order valence-electron chi connectivity index (χ3n) is 9.47. The van der Waals surface area contributed by atoms with Gasteiger partial charge in [-0.05, 0) is 53.3 Å². The van der Waals surface area contributed by atoms with Crippen LogP contribution >= 0.6 is 11.6 Å². The number of hydrogen-bond acceptors (Lipinski definition) is 6. The maximum absolute atomic E-state index is 14.3. The van der Waals surface area contributed by atoms with Crippen LogP contribution < -0.4 is 38.5 Å². The van der Waals surface area contributed by atoms with Gasteiger partial charge in [-0.15, -0.1) is 0 Å². The molecule has 5 rings (SSSR count). The number of halogens is 1. The molecule has 0 aliphatic carbocycles. The van der Waals surface area contributed by atoms with Crippen LogP contribution in [0, 0.1) is 0 Å². The topological polar surface area (TPSA) is 240 Å². The van der Waals surface area contributed by atoms with Crippen LogP contribution in [0.4, 0.5) is 0 Å². The van der Waals surface area contributed by atoms with Crippen LogP contribution in [0.2, 0.25) is 5.02 Å². The number of amides is 5. The number of nitrogens with zero attached hydrogens (tertiary/aromatic N) is 1. The van der Waals surface area contributed by atoms with Crippen LogP contribution in [0.5, 0.6) is 0 Å². The summed E-state index contributed by atoms with van der Waals surface area (Å²) in [5.74, 6) is -3.24. The van der Waals surface area contributed by atoms with E-state index in [-0.39, 0.29) is 51.0 Å². The number of hydrogen-bond donors (Lipinski definition) is 8. The Morgan fingerprint density at radius 3 is 1.78 bits per heavy atom. The lowest BCUT2D eigenvalue weighted by atomic mass is 10.0. The van der Waals surface area contributed by atoms with Crippen molar-refractivity contribution in [1.82, 2.24) is 26.3 Å². The lowest BCUT2D eigenvalue weighted by Crippen LogP contribution is -2.59. The number of nitrogens with two attached hydrogens (primary N) is 3. The largest absolute Gasteiger partial charge is 0.370 e. The summed E-state index contributed by atoms with van der Waals surface area (Å²) in [5.41, 5.74) is 20.6. The van der Waals surface area contributed by atoms with Gasteiger partial charge in [0, 0.05) is 47.9 Å². The second-order valence-corrected chi connectivity index (χ2v) is 14.3. The van der Waals surface area contributed by atoms with Crippen molar-refractivity contribution in [2.24, 2.45) is 22.2 Å². The highest BCUT2D eigenvalue weighted by atomic mass is 35.5. The lowest BCUT2D eigenvalue weighted by molar-refractivity contribution is -0.134. The zero-order valence-electron chi connectivity index (χ0n) is 31.8. The van der Waals surface area contributed by atoms with Crippen molar-refractivity contribution < 1.29 is 24.0 Å². The van der Waals surface area contributed by atoms with Gasteiger partial charge in [-0.25, -0.2) is 0 Å². The third-order valence-corrected chi connectivity index (χ3v) is 9.72. The molecule has 5 amide bonds. The minimum atomic E-state index is -1.19. The first-order valence-corrected chi connectivity index (χ1v) is 19.3. The Morgan fingerprint density at radius 1 is 0.603 bits per heavy atom. The number of fused-ring (bicyclic) bond motifs is 1. The molecule has 14 nitrogen and oxygen atoms in total. The van der Waals surface area contributed by atoms with E-state index in [0.717, 1.165) is 33.2 Å². The molecule has 0 spiro atoms. The lowest BCUT2D eigenvalue weighted by Gasteiger charge is -2.26. The van der Waals surface area contributed by atoms with Gasteiger partial charge in [0.05, 0.1) is 6.42 Å². The van der Waals surface area contributed by atoms with Crippen LogP contribution in [0.15, 0.2) is 120 Å². The van der Waals surface area contributed by atoms with Crippen LogP contribution in [-0.4, -0.2) is 71.2 Å². The van der Waals surface area contributed by atoms with Crippen LogP contribution in [0.1, 0.15) is 35.1 Å². The predicted octanol–water partition coefficient (Wildman–Crippen LogP) is 2.57. The minimum Gasteiger partial charge on any atom is -0.370 e. The standard InChI is InChI=1S/C43H48ClN9O5/c44-31-19-17-29(18-20-31)23-36(50-38(54)24-28-12-5-2-6-13-28)41(57)53-37(22-27-10-3-1-4-11-27)42(58)51-34(16-9-21-48-43(46)47)40(56)52-35(39(45)55)25-30-26-49-33-15-8-7-14-32(30)33/h1-8,10-15,17-20,26,34-37,49H,9,16,21-25H2,(H2,45,55)(H,50,54)(H,51,58)(H,52,56)(H,53,57)(H4,46,47,48)/t34-,35-,36-,37-/m0/s1. The second kappa shape index (κ2) is 21.0. The van der Waals surface area contributed by atoms with Gasteiger partial charge < -0.3 is 43.5 Å². The molecule has 0 saturated heterocycles. The van der Waals surface area contributed by atoms with E-state index >= 15 is 0 Å². The fourth-order valence-electron chi connectivity index (χ4n) is 6.48. The Kier molecular flexibility index (Phi) is 15.4. The summed E-state index contributed by atoms with van der Waals surface area (Å²) in [6.45, 7) is 0.163. The number of carbonyl (C=O) groups is 5. The van der Waals surface area contributed by atoms with Crippen LogP contribution in [0.3, 0.4) is 0 Å². The number of guanidine groups is 1. The van der Waals surface area contributed by atoms with Gasteiger partial charge >= 0.3 is 0 Å². The molecule has 0 bridgehead atoms. The molecule has 0 unspecified atom stereocenters. The number of primary amides is 1. The van der Waals surface area contributed by atoms with Crippen molar-refractivity contribution in [1.29, 1.82) is 0 Å². The summed E-state index contributed by atoms with van der Waals surface area (Å²) in [4.78, 5) is 75.5. The SMILES string of the molecule is NC(=O)[C@H](Cc1c[nH]c2ccccc12)NC(=O)[C@H](CCCN=C(N)N)NC(=O)[C@H](Cc1ccccc1)NC(=O)[C@H](Cc1ccc(Cl)cc1)NC(=O)Cc1ccccc1. The van der Waals surface area contributed by atoms with Crippen LogP contribution in [-0.2, 0) is 49.7 Å². The summed E-state index contributed by atoms with van der Waals surface area (Å²) < 4.78 is 0. The molecule has 0 saturated carbocycles. The van der Waals surface area contributed by atoms with Crippen molar-refractivity contribution in [3.05, 3.63) is 143 Å². The van der Waals surface area contributed by atoms with E-state index in [1.807, 2.05) is 60.7 Å². The average molecular weight is 806 g/mol. The van der Waals surface area contributed by atoms with Gasteiger partial charge in [0.2, 0.25) is 29.5 Å². The number of rotatable bonds is 20. The summed E-state index contributed by atoms with van der Waals surface area (Å²) in [5, 5.41) is 12.6. The monoisotopic (exact) mass is 805 g/mol. The zero-order valence-corrected chi connectivity index (χ0v) is 32.6. The number of carbonyl (C=O) groups excluding carboxylic acids is 5. The fraction of sp³-hybridized carbons (Fsp3) is 0.256. The van der Waals surface area contributed by atoms with Gasteiger partial charge in [0.1, 0.15) is 24.2 Å². The average Bonchev–Trinajstić information content (AvgIpc) is 3.62. The Morgan fingerprint density at radius 2 is 1.14 bits per heavy atom. The third kappa shape index (κ3) is 12.9. The number of benzene rings is 4. The van der Waals surface area contributed by atoms with Gasteiger partial charge in [0.15, 0.2) is 5.96 Å². The number of nitrogens with one attached hydrogen (secondary N) is 5. The highest BCUT2D eigenvalue weighted by Crippen LogP contribution is 2.19. The fourth-order valence-corrected chi connectivity index (χ4v) is 6.61.